The quantitative estimate of drug-likeness (QED) is 0.748. The normalized spacial score (nSPS) is 10.0. The number of nitrogens with one attached hydrogen (secondary N) is 1. The van der Waals surface area contributed by atoms with Crippen LogP contribution in [0.5, 0.6) is 23.0 Å². The van der Waals surface area contributed by atoms with Crippen molar-refractivity contribution in [2.24, 2.45) is 0 Å². The second kappa shape index (κ2) is 9.50. The summed E-state index contributed by atoms with van der Waals surface area (Å²) >= 11 is 0. The van der Waals surface area contributed by atoms with E-state index >= 15 is 0 Å². The molecule has 0 unspecified atom stereocenters. The van der Waals surface area contributed by atoms with Crippen molar-refractivity contribution in [2.45, 2.75) is 6.92 Å². The summed E-state index contributed by atoms with van der Waals surface area (Å²) in [7, 11) is 6.05. The van der Waals surface area contributed by atoms with Crippen molar-refractivity contribution in [3.8, 4) is 23.0 Å². The Bertz CT molecular complexity index is 853. The first-order valence-corrected chi connectivity index (χ1v) is 8.45. The fourth-order valence-electron chi connectivity index (χ4n) is 2.61. The third-order valence-electron chi connectivity index (χ3n) is 4.04. The highest BCUT2D eigenvalue weighted by atomic mass is 16.5. The van der Waals surface area contributed by atoms with Gasteiger partial charge in [0.2, 0.25) is 11.8 Å². The van der Waals surface area contributed by atoms with Gasteiger partial charge in [-0.2, -0.15) is 0 Å². The van der Waals surface area contributed by atoms with E-state index in [1.165, 1.54) is 33.2 Å². The van der Waals surface area contributed by atoms with Crippen LogP contribution in [0, 0.1) is 0 Å². The van der Waals surface area contributed by atoms with Crippen LogP contribution in [-0.2, 0) is 9.59 Å². The summed E-state index contributed by atoms with van der Waals surface area (Å²) in [6, 6.07) is 10.0. The molecule has 2 aromatic rings. The van der Waals surface area contributed by atoms with Gasteiger partial charge in [0, 0.05) is 19.1 Å². The number of nitrogens with zero attached hydrogens (tertiary/aromatic N) is 1. The number of carbonyl (C=O) groups excluding carboxylic acids is 2. The second-order valence-electron chi connectivity index (χ2n) is 5.76. The largest absolute Gasteiger partial charge is 0.497 e. The van der Waals surface area contributed by atoms with Crippen molar-refractivity contribution in [1.82, 2.24) is 0 Å². The van der Waals surface area contributed by atoms with E-state index in [1.54, 1.807) is 43.5 Å². The van der Waals surface area contributed by atoms with Crippen molar-refractivity contribution in [2.75, 3.05) is 45.2 Å². The Labute approximate surface area is 163 Å². The molecule has 150 valence electrons. The molecule has 0 aromatic heterocycles. The Morgan fingerprint density at radius 2 is 1.46 bits per heavy atom. The third kappa shape index (κ3) is 4.85. The smallest absolute Gasteiger partial charge is 0.244 e. The molecule has 0 fully saturated rings. The molecule has 8 heteroatoms. The lowest BCUT2D eigenvalue weighted by atomic mass is 10.2. The fourth-order valence-corrected chi connectivity index (χ4v) is 2.61. The van der Waals surface area contributed by atoms with Gasteiger partial charge in [-0.05, 0) is 24.3 Å². The highest BCUT2D eigenvalue weighted by Crippen LogP contribution is 2.33. The molecule has 2 amide bonds. The first kappa shape index (κ1) is 20.9. The Hall–Kier alpha value is -3.42. The number of benzene rings is 2. The summed E-state index contributed by atoms with van der Waals surface area (Å²) in [5.41, 5.74) is 0.903. The topological polar surface area (TPSA) is 86.3 Å². The van der Waals surface area contributed by atoms with E-state index < -0.39 is 5.91 Å². The maximum atomic E-state index is 12.6. The zero-order valence-corrected chi connectivity index (χ0v) is 16.6. The van der Waals surface area contributed by atoms with Crippen molar-refractivity contribution >= 4 is 23.2 Å². The molecule has 8 nitrogen and oxygen atoms in total. The van der Waals surface area contributed by atoms with E-state index in [-0.39, 0.29) is 12.5 Å². The Morgan fingerprint density at radius 1 is 0.857 bits per heavy atom. The van der Waals surface area contributed by atoms with Gasteiger partial charge < -0.3 is 24.3 Å². The maximum Gasteiger partial charge on any atom is 0.244 e. The van der Waals surface area contributed by atoms with E-state index in [4.69, 9.17) is 18.9 Å². The van der Waals surface area contributed by atoms with Crippen LogP contribution in [0.15, 0.2) is 36.4 Å². The molecule has 2 rings (SSSR count). The lowest BCUT2D eigenvalue weighted by molar-refractivity contribution is -0.120. The number of rotatable bonds is 8. The molecule has 0 atom stereocenters. The number of methoxy groups -OCH3 is 4. The van der Waals surface area contributed by atoms with Gasteiger partial charge in [-0.25, -0.2) is 0 Å². The number of ether oxygens (including phenoxy) is 4. The van der Waals surface area contributed by atoms with Crippen LogP contribution in [-0.4, -0.2) is 46.8 Å². The lowest BCUT2D eigenvalue weighted by Gasteiger charge is -2.23. The van der Waals surface area contributed by atoms with Gasteiger partial charge >= 0.3 is 0 Å². The van der Waals surface area contributed by atoms with Crippen LogP contribution < -0.4 is 29.2 Å². The van der Waals surface area contributed by atoms with E-state index in [0.717, 1.165) is 0 Å². The predicted octanol–water partition coefficient (Wildman–Crippen LogP) is 2.71. The summed E-state index contributed by atoms with van der Waals surface area (Å²) in [6.45, 7) is 1.16. The van der Waals surface area contributed by atoms with Gasteiger partial charge in [-0.3, -0.25) is 14.5 Å². The van der Waals surface area contributed by atoms with Gasteiger partial charge in [0.25, 0.3) is 0 Å². The average Bonchev–Trinajstić information content (AvgIpc) is 2.71. The van der Waals surface area contributed by atoms with Crippen LogP contribution in [0.3, 0.4) is 0 Å². The summed E-state index contributed by atoms with van der Waals surface area (Å²) in [4.78, 5) is 26.1. The molecule has 0 spiro atoms. The van der Waals surface area contributed by atoms with E-state index in [0.29, 0.717) is 34.4 Å². The number of carbonyl (C=O) groups is 2. The number of amides is 2. The molecule has 0 bridgehead atoms. The van der Waals surface area contributed by atoms with Crippen LogP contribution in [0.25, 0.3) is 0 Å². The Balaban J connectivity index is 2.26. The zero-order chi connectivity index (χ0) is 20.7. The molecular formula is C20H24N2O6. The van der Waals surface area contributed by atoms with E-state index in [9.17, 15) is 9.59 Å². The molecule has 28 heavy (non-hydrogen) atoms. The van der Waals surface area contributed by atoms with Crippen molar-refractivity contribution in [1.29, 1.82) is 0 Å². The summed E-state index contributed by atoms with van der Waals surface area (Å²) in [5, 5.41) is 2.75. The van der Waals surface area contributed by atoms with Crippen LogP contribution >= 0.6 is 0 Å². The van der Waals surface area contributed by atoms with Gasteiger partial charge in [0.1, 0.15) is 29.5 Å². The molecule has 0 heterocycles. The van der Waals surface area contributed by atoms with Crippen molar-refractivity contribution < 1.29 is 28.5 Å². The monoisotopic (exact) mass is 388 g/mol. The van der Waals surface area contributed by atoms with Crippen molar-refractivity contribution in [3.05, 3.63) is 36.4 Å². The lowest BCUT2D eigenvalue weighted by Crippen LogP contribution is -2.37. The van der Waals surface area contributed by atoms with E-state index in [1.807, 2.05) is 0 Å². The van der Waals surface area contributed by atoms with Gasteiger partial charge in [0.15, 0.2) is 0 Å². The van der Waals surface area contributed by atoms with Crippen LogP contribution in [0.4, 0.5) is 11.4 Å². The highest BCUT2D eigenvalue weighted by Gasteiger charge is 2.21. The Kier molecular flexibility index (Phi) is 7.08. The first-order valence-electron chi connectivity index (χ1n) is 8.45. The molecule has 0 aliphatic heterocycles. The predicted molar refractivity (Wildman–Crippen MR) is 106 cm³/mol. The summed E-state index contributed by atoms with van der Waals surface area (Å²) < 4.78 is 21.0. The van der Waals surface area contributed by atoms with Gasteiger partial charge in [-0.1, -0.05) is 0 Å². The molecule has 1 N–H and O–H groups in total. The molecule has 2 aromatic carbocycles. The second-order valence-corrected chi connectivity index (χ2v) is 5.76. The molecule has 0 radical (unpaired) electrons. The van der Waals surface area contributed by atoms with Gasteiger partial charge in [-0.15, -0.1) is 0 Å². The molecular weight excluding hydrogens is 364 g/mol. The molecule has 0 saturated heterocycles. The first-order chi connectivity index (χ1) is 13.4. The van der Waals surface area contributed by atoms with Crippen molar-refractivity contribution in [3.63, 3.8) is 0 Å². The summed E-state index contributed by atoms with van der Waals surface area (Å²) in [5.74, 6) is 1.32. The molecule has 0 aliphatic carbocycles. The third-order valence-corrected chi connectivity index (χ3v) is 4.04. The zero-order valence-electron chi connectivity index (χ0n) is 16.6. The standard InChI is InChI=1S/C20H24N2O6/c1-13(23)22(17-10-14(25-2)7-9-18(17)27-4)12-20(24)21-16-8-6-15(26-3)11-19(16)28-5/h6-11H,12H2,1-5H3,(H,21,24). The number of hydrogen-bond acceptors (Lipinski definition) is 6. The average molecular weight is 388 g/mol. The maximum absolute atomic E-state index is 12.6. The SMILES string of the molecule is COc1ccc(NC(=O)CN(C(C)=O)c2cc(OC)ccc2OC)c(OC)c1. The molecule has 0 saturated carbocycles. The highest BCUT2D eigenvalue weighted by molar-refractivity contribution is 6.03. The van der Waals surface area contributed by atoms with Crippen LogP contribution in [0.1, 0.15) is 6.92 Å². The van der Waals surface area contributed by atoms with Crippen LogP contribution in [0.2, 0.25) is 0 Å². The summed E-state index contributed by atoms with van der Waals surface area (Å²) in [6.07, 6.45) is 0. The molecule has 0 aliphatic rings. The Morgan fingerprint density at radius 3 is 2.04 bits per heavy atom. The number of anilines is 2. The minimum absolute atomic E-state index is 0.214. The van der Waals surface area contributed by atoms with E-state index in [2.05, 4.69) is 5.32 Å². The minimum Gasteiger partial charge on any atom is -0.497 e. The fraction of sp³-hybridized carbons (Fsp3) is 0.300. The number of hydrogen-bond donors (Lipinski definition) is 1. The minimum atomic E-state index is -0.400. The van der Waals surface area contributed by atoms with Gasteiger partial charge in [0.05, 0.1) is 39.8 Å².